The summed E-state index contributed by atoms with van der Waals surface area (Å²) in [6.07, 6.45) is 0.456. The van der Waals surface area contributed by atoms with Gasteiger partial charge in [-0.2, -0.15) is 4.31 Å². The zero-order valence-electron chi connectivity index (χ0n) is 15.5. The van der Waals surface area contributed by atoms with E-state index in [-0.39, 0.29) is 19.5 Å². The Morgan fingerprint density at radius 1 is 1.00 bits per heavy atom. The Kier molecular flexibility index (Phi) is 6.44. The van der Waals surface area contributed by atoms with E-state index in [0.717, 1.165) is 22.5 Å². The third-order valence-electron chi connectivity index (χ3n) is 4.67. The van der Waals surface area contributed by atoms with Crippen LogP contribution in [0.5, 0.6) is 0 Å². The first-order valence-corrected chi connectivity index (χ1v) is 10.5. The number of hydrogen-bond donors (Lipinski definition) is 2. The fourth-order valence-corrected chi connectivity index (χ4v) is 4.67. The zero-order valence-corrected chi connectivity index (χ0v) is 16.4. The first-order chi connectivity index (χ1) is 14.1. The molecule has 3 rings (SSSR count). The van der Waals surface area contributed by atoms with Gasteiger partial charge in [-0.3, -0.25) is 4.79 Å². The average molecular weight is 446 g/mol. The number of sulfonamides is 1. The second kappa shape index (κ2) is 8.70. The summed E-state index contributed by atoms with van der Waals surface area (Å²) in [5.74, 6) is -6.82. The predicted molar refractivity (Wildman–Crippen MR) is 99.3 cm³/mol. The van der Waals surface area contributed by atoms with Gasteiger partial charge < -0.3 is 10.4 Å². The number of benzene rings is 2. The molecule has 1 atom stereocenters. The Balaban J connectivity index is 1.88. The third kappa shape index (κ3) is 4.79. The molecule has 0 spiro atoms. The maximum atomic E-state index is 14.1. The van der Waals surface area contributed by atoms with E-state index in [0.29, 0.717) is 25.0 Å². The molecule has 2 aromatic carbocycles. The SMILES string of the molecule is O=C(Nc1cc(F)c(F)c(F)c1)c1cc(F)cc(S(=O)(=O)N2CCCC(O)CC2)c1. The molecule has 0 radical (unpaired) electrons. The van der Waals surface area contributed by atoms with Crippen molar-refractivity contribution >= 4 is 21.6 Å². The van der Waals surface area contributed by atoms with E-state index in [1.54, 1.807) is 0 Å². The number of aliphatic hydroxyl groups is 1. The summed E-state index contributed by atoms with van der Waals surface area (Å²) in [5, 5.41) is 11.8. The van der Waals surface area contributed by atoms with Gasteiger partial charge in [0, 0.05) is 36.5 Å². The van der Waals surface area contributed by atoms with Gasteiger partial charge in [0.25, 0.3) is 5.91 Å². The lowest BCUT2D eigenvalue weighted by Gasteiger charge is -2.20. The van der Waals surface area contributed by atoms with Crippen LogP contribution < -0.4 is 5.32 Å². The molecule has 162 valence electrons. The highest BCUT2D eigenvalue weighted by atomic mass is 32.2. The second-order valence-corrected chi connectivity index (χ2v) is 8.81. The Bertz CT molecular complexity index is 1060. The van der Waals surface area contributed by atoms with Gasteiger partial charge in [0.15, 0.2) is 17.5 Å². The van der Waals surface area contributed by atoms with Gasteiger partial charge in [-0.25, -0.2) is 26.0 Å². The summed E-state index contributed by atoms with van der Waals surface area (Å²) >= 11 is 0. The van der Waals surface area contributed by atoms with Crippen molar-refractivity contribution in [2.45, 2.75) is 30.3 Å². The molecule has 2 N–H and O–H groups in total. The van der Waals surface area contributed by atoms with Gasteiger partial charge in [0.05, 0.1) is 11.0 Å². The van der Waals surface area contributed by atoms with Crippen LogP contribution in [0, 0.1) is 23.3 Å². The van der Waals surface area contributed by atoms with E-state index in [1.165, 1.54) is 0 Å². The molecular weight excluding hydrogens is 428 g/mol. The van der Waals surface area contributed by atoms with Crippen LogP contribution in [0.15, 0.2) is 35.2 Å². The van der Waals surface area contributed by atoms with Crippen molar-refractivity contribution in [3.8, 4) is 0 Å². The molecule has 1 aliphatic rings. The number of aliphatic hydroxyl groups excluding tert-OH is 1. The number of hydrogen-bond acceptors (Lipinski definition) is 4. The number of carbonyl (C=O) groups is 1. The topological polar surface area (TPSA) is 86.7 Å². The minimum atomic E-state index is -4.15. The van der Waals surface area contributed by atoms with Crippen molar-refractivity contribution in [1.29, 1.82) is 0 Å². The predicted octanol–water partition coefficient (Wildman–Crippen LogP) is 3.03. The highest BCUT2D eigenvalue weighted by Gasteiger charge is 2.28. The molecule has 1 fully saturated rings. The average Bonchev–Trinajstić information content (AvgIpc) is 2.90. The minimum Gasteiger partial charge on any atom is -0.393 e. The summed E-state index contributed by atoms with van der Waals surface area (Å²) in [6, 6.07) is 3.53. The molecule has 1 heterocycles. The van der Waals surface area contributed by atoms with Gasteiger partial charge in [0.1, 0.15) is 5.82 Å². The molecule has 1 saturated heterocycles. The van der Waals surface area contributed by atoms with Crippen LogP contribution in [-0.4, -0.2) is 42.9 Å². The lowest BCUT2D eigenvalue weighted by molar-refractivity contribution is 0.102. The molecule has 2 aromatic rings. The van der Waals surface area contributed by atoms with Crippen LogP contribution in [0.4, 0.5) is 23.2 Å². The standard InChI is InChI=1S/C19H18F4N2O4S/c20-12-6-11(19(27)24-13-9-16(21)18(23)17(22)10-13)7-15(8-12)30(28,29)25-4-1-2-14(26)3-5-25/h6-10,14,26H,1-5H2,(H,24,27). The summed E-state index contributed by atoms with van der Waals surface area (Å²) in [5.41, 5.74) is -0.833. The fourth-order valence-electron chi connectivity index (χ4n) is 3.12. The van der Waals surface area contributed by atoms with E-state index < -0.39 is 61.4 Å². The Morgan fingerprint density at radius 3 is 2.33 bits per heavy atom. The number of halogens is 4. The minimum absolute atomic E-state index is 0.0374. The van der Waals surface area contributed by atoms with Gasteiger partial charge in [-0.05, 0) is 37.5 Å². The first kappa shape index (κ1) is 22.2. The van der Waals surface area contributed by atoms with Crippen LogP contribution in [-0.2, 0) is 10.0 Å². The number of carbonyl (C=O) groups excluding carboxylic acids is 1. The Hall–Kier alpha value is -2.50. The van der Waals surface area contributed by atoms with E-state index >= 15 is 0 Å². The largest absolute Gasteiger partial charge is 0.393 e. The first-order valence-electron chi connectivity index (χ1n) is 9.02. The van der Waals surface area contributed by atoms with Gasteiger partial charge >= 0.3 is 0 Å². The normalized spacial score (nSPS) is 18.1. The summed E-state index contributed by atoms with van der Waals surface area (Å²) < 4.78 is 80.6. The number of amides is 1. The monoisotopic (exact) mass is 446 g/mol. The van der Waals surface area contributed by atoms with Crippen molar-refractivity contribution in [2.24, 2.45) is 0 Å². The molecule has 0 aromatic heterocycles. The molecular formula is C19H18F4N2O4S. The van der Waals surface area contributed by atoms with Crippen molar-refractivity contribution in [3.63, 3.8) is 0 Å². The molecule has 6 nitrogen and oxygen atoms in total. The van der Waals surface area contributed by atoms with Crippen LogP contribution >= 0.6 is 0 Å². The smallest absolute Gasteiger partial charge is 0.255 e. The maximum absolute atomic E-state index is 14.1. The molecule has 1 amide bonds. The molecule has 30 heavy (non-hydrogen) atoms. The number of nitrogens with zero attached hydrogens (tertiary/aromatic N) is 1. The van der Waals surface area contributed by atoms with Gasteiger partial charge in [-0.15, -0.1) is 0 Å². The van der Waals surface area contributed by atoms with E-state index in [2.05, 4.69) is 5.32 Å². The lowest BCUT2D eigenvalue weighted by Crippen LogP contribution is -2.32. The van der Waals surface area contributed by atoms with Crippen LogP contribution in [0.3, 0.4) is 0 Å². The van der Waals surface area contributed by atoms with Gasteiger partial charge in [-0.1, -0.05) is 0 Å². The van der Waals surface area contributed by atoms with E-state index in [9.17, 15) is 35.9 Å². The Labute approximate surface area is 170 Å². The second-order valence-electron chi connectivity index (χ2n) is 6.87. The van der Waals surface area contributed by atoms with Gasteiger partial charge in [0.2, 0.25) is 10.0 Å². The van der Waals surface area contributed by atoms with Crippen molar-refractivity contribution in [3.05, 3.63) is 59.2 Å². The molecule has 1 unspecified atom stereocenters. The molecule has 0 aliphatic carbocycles. The van der Waals surface area contributed by atoms with Crippen molar-refractivity contribution in [2.75, 3.05) is 18.4 Å². The van der Waals surface area contributed by atoms with E-state index in [1.807, 2.05) is 0 Å². The quantitative estimate of drug-likeness (QED) is 0.559. The molecule has 0 bridgehead atoms. The maximum Gasteiger partial charge on any atom is 0.255 e. The Morgan fingerprint density at radius 2 is 1.67 bits per heavy atom. The number of anilines is 1. The zero-order chi connectivity index (χ0) is 22.1. The summed E-state index contributed by atoms with van der Waals surface area (Å²) in [6.45, 7) is 0.168. The molecule has 1 aliphatic heterocycles. The lowest BCUT2D eigenvalue weighted by atomic mass is 10.2. The van der Waals surface area contributed by atoms with Crippen molar-refractivity contribution < 1.29 is 35.9 Å². The van der Waals surface area contributed by atoms with Crippen LogP contribution in [0.1, 0.15) is 29.6 Å². The fraction of sp³-hybridized carbons (Fsp3) is 0.316. The molecule has 11 heteroatoms. The highest BCUT2D eigenvalue weighted by molar-refractivity contribution is 7.89. The third-order valence-corrected chi connectivity index (χ3v) is 6.55. The number of nitrogens with one attached hydrogen (secondary N) is 1. The van der Waals surface area contributed by atoms with Crippen molar-refractivity contribution in [1.82, 2.24) is 4.31 Å². The highest BCUT2D eigenvalue weighted by Crippen LogP contribution is 2.24. The van der Waals surface area contributed by atoms with Crippen LogP contribution in [0.25, 0.3) is 0 Å². The molecule has 0 saturated carbocycles. The number of rotatable bonds is 4. The van der Waals surface area contributed by atoms with E-state index in [4.69, 9.17) is 0 Å². The summed E-state index contributed by atoms with van der Waals surface area (Å²) in [7, 11) is -4.15. The summed E-state index contributed by atoms with van der Waals surface area (Å²) in [4.78, 5) is 11.9. The van der Waals surface area contributed by atoms with Crippen LogP contribution in [0.2, 0.25) is 0 Å².